The summed E-state index contributed by atoms with van der Waals surface area (Å²) in [6, 6.07) is 10.4. The Labute approximate surface area is 131 Å². The van der Waals surface area contributed by atoms with Gasteiger partial charge in [-0.1, -0.05) is 56.7 Å². The molecule has 0 fully saturated rings. The fourth-order valence-corrected chi connectivity index (χ4v) is 3.41. The zero-order chi connectivity index (χ0) is 15.2. The maximum atomic E-state index is 9.56. The van der Waals surface area contributed by atoms with Gasteiger partial charge < -0.3 is 10.0 Å². The lowest BCUT2D eigenvalue weighted by Crippen LogP contribution is -2.18. The Bertz CT molecular complexity index is 551. The van der Waals surface area contributed by atoms with Crippen molar-refractivity contribution in [3.05, 3.63) is 40.9 Å². The molecule has 0 aliphatic heterocycles. The van der Waals surface area contributed by atoms with Crippen LogP contribution < -0.4 is 4.90 Å². The largest absolute Gasteiger partial charge is 0.391 e. The van der Waals surface area contributed by atoms with Crippen molar-refractivity contribution in [2.45, 2.75) is 46.1 Å². The van der Waals surface area contributed by atoms with E-state index in [1.807, 2.05) is 6.07 Å². The van der Waals surface area contributed by atoms with Crippen LogP contribution >= 0.6 is 11.3 Å². The highest BCUT2D eigenvalue weighted by Crippen LogP contribution is 2.34. The number of para-hydroxylation sites is 1. The van der Waals surface area contributed by atoms with Gasteiger partial charge in [-0.05, 0) is 24.5 Å². The summed E-state index contributed by atoms with van der Waals surface area (Å²) in [6.07, 6.45) is 2.28. The molecule has 2 rings (SSSR count). The lowest BCUT2D eigenvalue weighted by molar-refractivity contribution is 0.283. The van der Waals surface area contributed by atoms with Crippen LogP contribution in [0, 0.1) is 0 Å². The third-order valence-corrected chi connectivity index (χ3v) is 4.52. The number of thiazole rings is 1. The summed E-state index contributed by atoms with van der Waals surface area (Å²) in [4.78, 5) is 8.04. The molecule has 0 atom stereocenters. The molecule has 1 N–H and O–H groups in total. The molecule has 0 aliphatic rings. The van der Waals surface area contributed by atoms with Crippen molar-refractivity contribution in [1.29, 1.82) is 0 Å². The number of aliphatic hydroxyl groups is 1. The van der Waals surface area contributed by atoms with Crippen molar-refractivity contribution in [3.8, 4) is 0 Å². The lowest BCUT2D eigenvalue weighted by Gasteiger charge is -2.21. The molecule has 0 aliphatic carbocycles. The number of aliphatic hydroxyl groups excluding tert-OH is 1. The first-order valence-corrected chi connectivity index (χ1v) is 8.42. The van der Waals surface area contributed by atoms with Crippen molar-refractivity contribution < 1.29 is 5.11 Å². The van der Waals surface area contributed by atoms with Crippen LogP contribution in [0.15, 0.2) is 30.3 Å². The molecule has 1 heterocycles. The number of rotatable bonds is 7. The van der Waals surface area contributed by atoms with E-state index < -0.39 is 0 Å². The van der Waals surface area contributed by atoms with Gasteiger partial charge in [0, 0.05) is 12.2 Å². The fourth-order valence-electron chi connectivity index (χ4n) is 2.29. The number of aromatic nitrogens is 1. The second-order valence-electron chi connectivity index (χ2n) is 5.46. The third-order valence-electron chi connectivity index (χ3n) is 3.44. The van der Waals surface area contributed by atoms with Gasteiger partial charge in [0.25, 0.3) is 0 Å². The molecule has 21 heavy (non-hydrogen) atoms. The average Bonchev–Trinajstić information content (AvgIpc) is 2.93. The monoisotopic (exact) mass is 304 g/mol. The Morgan fingerprint density at radius 2 is 1.95 bits per heavy atom. The van der Waals surface area contributed by atoms with Gasteiger partial charge in [-0.15, -0.1) is 0 Å². The minimum atomic E-state index is 0.0710. The SMILES string of the molecule is CCCCN(c1ccccc1)c1nc(C(C)C)c(CO)s1. The zero-order valence-electron chi connectivity index (χ0n) is 13.0. The second-order valence-corrected chi connectivity index (χ2v) is 6.52. The first-order valence-electron chi connectivity index (χ1n) is 7.60. The van der Waals surface area contributed by atoms with E-state index >= 15 is 0 Å². The number of hydrogen-bond donors (Lipinski definition) is 1. The summed E-state index contributed by atoms with van der Waals surface area (Å²) >= 11 is 1.61. The maximum Gasteiger partial charge on any atom is 0.190 e. The molecular weight excluding hydrogens is 280 g/mol. The average molecular weight is 304 g/mol. The molecular formula is C17H24N2OS. The van der Waals surface area contributed by atoms with Crippen LogP contribution in [0.2, 0.25) is 0 Å². The van der Waals surface area contributed by atoms with Crippen LogP contribution in [0.1, 0.15) is 50.1 Å². The predicted octanol–water partition coefficient (Wildman–Crippen LogP) is 4.70. The van der Waals surface area contributed by atoms with Crippen LogP contribution in [0.5, 0.6) is 0 Å². The van der Waals surface area contributed by atoms with E-state index in [1.54, 1.807) is 11.3 Å². The second kappa shape index (κ2) is 7.57. The van der Waals surface area contributed by atoms with E-state index in [-0.39, 0.29) is 6.61 Å². The van der Waals surface area contributed by atoms with Crippen LogP contribution in [0.4, 0.5) is 10.8 Å². The van der Waals surface area contributed by atoms with E-state index in [4.69, 9.17) is 4.98 Å². The van der Waals surface area contributed by atoms with Gasteiger partial charge in [0.1, 0.15) is 0 Å². The van der Waals surface area contributed by atoms with Crippen molar-refractivity contribution in [1.82, 2.24) is 4.98 Å². The third kappa shape index (κ3) is 3.83. The molecule has 4 heteroatoms. The molecule has 0 saturated heterocycles. The Morgan fingerprint density at radius 3 is 2.48 bits per heavy atom. The molecule has 0 radical (unpaired) electrons. The molecule has 0 unspecified atom stereocenters. The van der Waals surface area contributed by atoms with E-state index in [1.165, 1.54) is 5.69 Å². The van der Waals surface area contributed by atoms with Gasteiger partial charge in [0.05, 0.1) is 17.2 Å². The quantitative estimate of drug-likeness (QED) is 0.805. The molecule has 0 spiro atoms. The van der Waals surface area contributed by atoms with Gasteiger partial charge in [-0.3, -0.25) is 0 Å². The highest BCUT2D eigenvalue weighted by Gasteiger charge is 2.18. The summed E-state index contributed by atoms with van der Waals surface area (Å²) in [5.74, 6) is 0.334. The Balaban J connectivity index is 2.37. The smallest absolute Gasteiger partial charge is 0.190 e. The Kier molecular flexibility index (Phi) is 5.76. The number of unbranched alkanes of at least 4 members (excludes halogenated alkanes) is 1. The summed E-state index contributed by atoms with van der Waals surface area (Å²) < 4.78 is 0. The molecule has 0 bridgehead atoms. The minimum absolute atomic E-state index is 0.0710. The number of anilines is 2. The minimum Gasteiger partial charge on any atom is -0.391 e. The molecule has 2 aromatic rings. The van der Waals surface area contributed by atoms with Crippen molar-refractivity contribution in [2.75, 3.05) is 11.4 Å². The normalized spacial score (nSPS) is 11.1. The molecule has 114 valence electrons. The fraction of sp³-hybridized carbons (Fsp3) is 0.471. The van der Waals surface area contributed by atoms with Gasteiger partial charge in [-0.2, -0.15) is 0 Å². The van der Waals surface area contributed by atoms with Gasteiger partial charge in [0.2, 0.25) is 0 Å². The highest BCUT2D eigenvalue weighted by molar-refractivity contribution is 7.15. The van der Waals surface area contributed by atoms with E-state index in [0.29, 0.717) is 5.92 Å². The summed E-state index contributed by atoms with van der Waals surface area (Å²) in [7, 11) is 0. The van der Waals surface area contributed by atoms with Crippen LogP contribution in [0.25, 0.3) is 0 Å². The van der Waals surface area contributed by atoms with Gasteiger partial charge >= 0.3 is 0 Å². The van der Waals surface area contributed by atoms with E-state index in [2.05, 4.69) is 49.9 Å². The zero-order valence-corrected chi connectivity index (χ0v) is 13.9. The summed E-state index contributed by atoms with van der Waals surface area (Å²) in [5, 5.41) is 10.5. The van der Waals surface area contributed by atoms with E-state index in [0.717, 1.165) is 35.1 Å². The van der Waals surface area contributed by atoms with E-state index in [9.17, 15) is 5.11 Å². The summed E-state index contributed by atoms with van der Waals surface area (Å²) in [5.41, 5.74) is 2.19. The number of benzene rings is 1. The topological polar surface area (TPSA) is 36.4 Å². The molecule has 1 aromatic heterocycles. The Morgan fingerprint density at radius 1 is 1.24 bits per heavy atom. The van der Waals surface area contributed by atoms with Crippen LogP contribution in [-0.4, -0.2) is 16.6 Å². The summed E-state index contributed by atoms with van der Waals surface area (Å²) in [6.45, 7) is 7.47. The molecule has 0 saturated carbocycles. The lowest BCUT2D eigenvalue weighted by atomic mass is 10.1. The molecule has 1 aromatic carbocycles. The molecule has 0 amide bonds. The van der Waals surface area contributed by atoms with Gasteiger partial charge in [0.15, 0.2) is 5.13 Å². The van der Waals surface area contributed by atoms with Crippen molar-refractivity contribution >= 4 is 22.2 Å². The van der Waals surface area contributed by atoms with Crippen LogP contribution in [0.3, 0.4) is 0 Å². The number of hydrogen-bond acceptors (Lipinski definition) is 4. The predicted molar refractivity (Wildman–Crippen MR) is 90.5 cm³/mol. The standard InChI is InChI=1S/C17H24N2OS/c1-4-5-11-19(14-9-7-6-8-10-14)17-18-16(13(2)3)15(12-20)21-17/h6-10,13,20H,4-5,11-12H2,1-3H3. The van der Waals surface area contributed by atoms with Crippen LogP contribution in [-0.2, 0) is 6.61 Å². The first kappa shape index (κ1) is 16.0. The maximum absolute atomic E-state index is 9.56. The molecule has 3 nitrogen and oxygen atoms in total. The van der Waals surface area contributed by atoms with Crippen molar-refractivity contribution in [2.24, 2.45) is 0 Å². The Hall–Kier alpha value is -1.39. The highest BCUT2D eigenvalue weighted by atomic mass is 32.1. The number of nitrogens with zero attached hydrogens (tertiary/aromatic N) is 2. The first-order chi connectivity index (χ1) is 10.2. The van der Waals surface area contributed by atoms with Crippen molar-refractivity contribution in [3.63, 3.8) is 0 Å². The van der Waals surface area contributed by atoms with Gasteiger partial charge in [-0.25, -0.2) is 4.98 Å².